The number of amides is 3. The largest absolute Gasteiger partial charge is 0.493 e. The minimum Gasteiger partial charge on any atom is -0.493 e. The van der Waals surface area contributed by atoms with Gasteiger partial charge >= 0.3 is 0 Å². The number of primary amides is 1. The SMILES string of the molecule is CCc1ccc(N2CC(C(=O)Nc3ccc(OCCC(N)=O)cc3)CC2=O)cc1. The van der Waals surface area contributed by atoms with E-state index in [-0.39, 0.29) is 31.3 Å². The summed E-state index contributed by atoms with van der Waals surface area (Å²) in [7, 11) is 0. The molecule has 7 heteroatoms. The van der Waals surface area contributed by atoms with Gasteiger partial charge in [0, 0.05) is 24.3 Å². The van der Waals surface area contributed by atoms with E-state index in [1.807, 2.05) is 24.3 Å². The van der Waals surface area contributed by atoms with E-state index in [2.05, 4.69) is 12.2 Å². The molecule has 1 atom stereocenters. The number of hydrogen-bond acceptors (Lipinski definition) is 4. The zero-order valence-corrected chi connectivity index (χ0v) is 16.4. The van der Waals surface area contributed by atoms with Gasteiger partial charge in [-0.05, 0) is 48.4 Å². The summed E-state index contributed by atoms with van der Waals surface area (Å²) in [6.07, 6.45) is 1.27. The molecule has 1 unspecified atom stereocenters. The number of nitrogens with two attached hydrogens (primary N) is 1. The smallest absolute Gasteiger partial charge is 0.229 e. The minimum atomic E-state index is -0.421. The molecule has 1 aliphatic rings. The maximum atomic E-state index is 12.6. The number of anilines is 2. The van der Waals surface area contributed by atoms with E-state index < -0.39 is 11.8 Å². The van der Waals surface area contributed by atoms with Gasteiger partial charge in [0.05, 0.1) is 18.9 Å². The third-order valence-corrected chi connectivity index (χ3v) is 4.89. The van der Waals surface area contributed by atoms with Gasteiger partial charge < -0.3 is 20.7 Å². The molecule has 7 nitrogen and oxygen atoms in total. The van der Waals surface area contributed by atoms with Gasteiger partial charge in [-0.2, -0.15) is 0 Å². The van der Waals surface area contributed by atoms with Gasteiger partial charge in [-0.15, -0.1) is 0 Å². The van der Waals surface area contributed by atoms with Crippen LogP contribution in [-0.2, 0) is 20.8 Å². The molecule has 2 aromatic carbocycles. The van der Waals surface area contributed by atoms with Crippen LogP contribution in [0.25, 0.3) is 0 Å². The zero-order chi connectivity index (χ0) is 20.8. The quantitative estimate of drug-likeness (QED) is 0.717. The summed E-state index contributed by atoms with van der Waals surface area (Å²) in [5, 5.41) is 2.85. The van der Waals surface area contributed by atoms with Crippen LogP contribution in [0.2, 0.25) is 0 Å². The number of carbonyl (C=O) groups is 3. The zero-order valence-electron chi connectivity index (χ0n) is 16.4. The second-order valence-corrected chi connectivity index (χ2v) is 7.00. The highest BCUT2D eigenvalue weighted by Crippen LogP contribution is 2.27. The molecule has 0 spiro atoms. The Morgan fingerprint density at radius 2 is 1.83 bits per heavy atom. The molecule has 29 heavy (non-hydrogen) atoms. The van der Waals surface area contributed by atoms with Crippen molar-refractivity contribution in [3.05, 3.63) is 54.1 Å². The summed E-state index contributed by atoms with van der Waals surface area (Å²) in [6.45, 7) is 2.65. The van der Waals surface area contributed by atoms with Gasteiger partial charge in [-0.25, -0.2) is 0 Å². The van der Waals surface area contributed by atoms with Crippen LogP contribution in [0.4, 0.5) is 11.4 Å². The molecule has 0 aliphatic carbocycles. The maximum absolute atomic E-state index is 12.6. The van der Waals surface area contributed by atoms with E-state index in [0.29, 0.717) is 18.0 Å². The number of hydrogen-bond donors (Lipinski definition) is 2. The van der Waals surface area contributed by atoms with Gasteiger partial charge in [-0.3, -0.25) is 14.4 Å². The van der Waals surface area contributed by atoms with Crippen LogP contribution >= 0.6 is 0 Å². The van der Waals surface area contributed by atoms with Crippen molar-refractivity contribution < 1.29 is 19.1 Å². The van der Waals surface area contributed by atoms with Crippen molar-refractivity contribution in [1.82, 2.24) is 0 Å². The summed E-state index contributed by atoms with van der Waals surface area (Å²) in [5.74, 6) is -0.474. The van der Waals surface area contributed by atoms with Crippen molar-refractivity contribution in [2.45, 2.75) is 26.2 Å². The first-order chi connectivity index (χ1) is 14.0. The Morgan fingerprint density at radius 1 is 1.14 bits per heavy atom. The lowest BCUT2D eigenvalue weighted by molar-refractivity contribution is -0.122. The third-order valence-electron chi connectivity index (χ3n) is 4.89. The molecule has 0 bridgehead atoms. The Balaban J connectivity index is 1.55. The molecule has 1 aliphatic heterocycles. The first kappa shape index (κ1) is 20.4. The molecule has 152 valence electrons. The summed E-state index contributed by atoms with van der Waals surface area (Å²) >= 11 is 0. The highest BCUT2D eigenvalue weighted by atomic mass is 16.5. The van der Waals surface area contributed by atoms with Crippen molar-refractivity contribution in [1.29, 1.82) is 0 Å². The van der Waals surface area contributed by atoms with Gasteiger partial charge in [0.25, 0.3) is 0 Å². The van der Waals surface area contributed by atoms with E-state index in [0.717, 1.165) is 12.1 Å². The number of rotatable bonds is 8. The topological polar surface area (TPSA) is 102 Å². The normalized spacial score (nSPS) is 16.0. The molecule has 0 saturated carbocycles. The number of aryl methyl sites for hydroxylation is 1. The Labute approximate surface area is 169 Å². The maximum Gasteiger partial charge on any atom is 0.229 e. The van der Waals surface area contributed by atoms with Gasteiger partial charge in [-0.1, -0.05) is 19.1 Å². The highest BCUT2D eigenvalue weighted by molar-refractivity contribution is 6.03. The van der Waals surface area contributed by atoms with Crippen LogP contribution in [0.15, 0.2) is 48.5 Å². The van der Waals surface area contributed by atoms with Crippen LogP contribution in [0.1, 0.15) is 25.3 Å². The van der Waals surface area contributed by atoms with Crippen molar-refractivity contribution in [3.63, 3.8) is 0 Å². The number of nitrogens with one attached hydrogen (secondary N) is 1. The van der Waals surface area contributed by atoms with Crippen LogP contribution in [0.3, 0.4) is 0 Å². The van der Waals surface area contributed by atoms with Crippen molar-refractivity contribution in [3.8, 4) is 5.75 Å². The fourth-order valence-corrected chi connectivity index (χ4v) is 3.19. The summed E-state index contributed by atoms with van der Waals surface area (Å²) in [5.41, 5.74) is 7.72. The molecule has 1 saturated heterocycles. The number of nitrogens with zero attached hydrogens (tertiary/aromatic N) is 1. The first-order valence-corrected chi connectivity index (χ1v) is 9.67. The lowest BCUT2D eigenvalue weighted by Gasteiger charge is -2.17. The summed E-state index contributed by atoms with van der Waals surface area (Å²) in [6, 6.07) is 14.7. The molecule has 3 N–H and O–H groups in total. The molecular formula is C22H25N3O4. The third kappa shape index (κ3) is 5.34. The van der Waals surface area contributed by atoms with Crippen LogP contribution in [0.5, 0.6) is 5.75 Å². The number of ether oxygens (including phenoxy) is 1. The van der Waals surface area contributed by atoms with E-state index in [1.165, 1.54) is 5.56 Å². The molecule has 2 aromatic rings. The van der Waals surface area contributed by atoms with E-state index in [4.69, 9.17) is 10.5 Å². The Kier molecular flexibility index (Phi) is 6.49. The minimum absolute atomic E-state index is 0.0485. The summed E-state index contributed by atoms with van der Waals surface area (Å²) in [4.78, 5) is 37.4. The van der Waals surface area contributed by atoms with E-state index in [1.54, 1.807) is 29.2 Å². The summed E-state index contributed by atoms with van der Waals surface area (Å²) < 4.78 is 5.41. The average molecular weight is 395 g/mol. The van der Waals surface area contributed by atoms with E-state index >= 15 is 0 Å². The molecule has 3 rings (SSSR count). The van der Waals surface area contributed by atoms with Crippen LogP contribution < -0.4 is 20.7 Å². The fraction of sp³-hybridized carbons (Fsp3) is 0.318. The van der Waals surface area contributed by atoms with Crippen molar-refractivity contribution in [2.24, 2.45) is 11.7 Å². The second kappa shape index (κ2) is 9.23. The Bertz CT molecular complexity index is 878. The molecule has 0 aromatic heterocycles. The Morgan fingerprint density at radius 3 is 2.45 bits per heavy atom. The average Bonchev–Trinajstić information content (AvgIpc) is 3.11. The van der Waals surface area contributed by atoms with Crippen molar-refractivity contribution >= 4 is 29.1 Å². The molecule has 1 heterocycles. The molecule has 3 amide bonds. The number of carbonyl (C=O) groups excluding carboxylic acids is 3. The highest BCUT2D eigenvalue weighted by Gasteiger charge is 2.35. The fourth-order valence-electron chi connectivity index (χ4n) is 3.19. The first-order valence-electron chi connectivity index (χ1n) is 9.67. The lowest BCUT2D eigenvalue weighted by Crippen LogP contribution is -2.28. The predicted molar refractivity (Wildman–Crippen MR) is 111 cm³/mol. The number of benzene rings is 2. The van der Waals surface area contributed by atoms with Crippen LogP contribution in [0, 0.1) is 5.92 Å². The molecule has 1 fully saturated rings. The predicted octanol–water partition coefficient (Wildman–Crippen LogP) is 2.49. The van der Waals surface area contributed by atoms with Crippen LogP contribution in [-0.4, -0.2) is 30.9 Å². The Hall–Kier alpha value is -3.35. The van der Waals surface area contributed by atoms with Gasteiger partial charge in [0.2, 0.25) is 17.7 Å². The lowest BCUT2D eigenvalue weighted by atomic mass is 10.1. The monoisotopic (exact) mass is 395 g/mol. The van der Waals surface area contributed by atoms with Crippen molar-refractivity contribution in [2.75, 3.05) is 23.4 Å². The standard InChI is InChI=1S/C22H25N3O4/c1-2-15-3-7-18(8-4-15)25-14-16(13-21(25)27)22(28)24-17-5-9-19(10-6-17)29-12-11-20(23)26/h3-10,16H,2,11-14H2,1H3,(H2,23,26)(H,24,28). The second-order valence-electron chi connectivity index (χ2n) is 7.00. The van der Waals surface area contributed by atoms with Gasteiger partial charge in [0.15, 0.2) is 0 Å². The molecular weight excluding hydrogens is 370 g/mol. The van der Waals surface area contributed by atoms with Gasteiger partial charge in [0.1, 0.15) is 5.75 Å². The van der Waals surface area contributed by atoms with E-state index in [9.17, 15) is 14.4 Å². The molecule has 0 radical (unpaired) electrons.